The van der Waals surface area contributed by atoms with E-state index in [2.05, 4.69) is 21.2 Å². The van der Waals surface area contributed by atoms with Crippen molar-refractivity contribution in [3.05, 3.63) is 52.9 Å². The van der Waals surface area contributed by atoms with Gasteiger partial charge < -0.3 is 19.6 Å². The van der Waals surface area contributed by atoms with E-state index in [1.807, 2.05) is 24.3 Å². The van der Waals surface area contributed by atoms with Gasteiger partial charge in [-0.3, -0.25) is 9.69 Å². The molecule has 0 radical (unpaired) electrons. The number of carbonyl (C=O) groups is 1. The smallest absolute Gasteiger partial charge is 0.234 e. The number of ether oxygens (including phenoxy) is 1. The summed E-state index contributed by atoms with van der Waals surface area (Å²) in [5.74, 6) is 1.26. The molecule has 0 aliphatic heterocycles. The molecule has 6 nitrogen and oxygen atoms in total. The Labute approximate surface area is 149 Å². The number of hydrogen-bond donors (Lipinski definition) is 2. The second-order valence-corrected chi connectivity index (χ2v) is 6.39. The van der Waals surface area contributed by atoms with Gasteiger partial charge in [-0.25, -0.2) is 0 Å². The average Bonchev–Trinajstić information content (AvgIpc) is 3.05. The minimum atomic E-state index is -0.684. The van der Waals surface area contributed by atoms with Gasteiger partial charge in [0.05, 0.1) is 19.4 Å². The maximum Gasteiger partial charge on any atom is 0.234 e. The number of aliphatic hydroxyl groups is 1. The molecule has 0 saturated heterocycles. The van der Waals surface area contributed by atoms with Crippen molar-refractivity contribution < 1.29 is 19.1 Å². The molecule has 7 heteroatoms. The number of nitrogens with zero attached hydrogens (tertiary/aromatic N) is 1. The zero-order chi connectivity index (χ0) is 17.4. The quantitative estimate of drug-likeness (QED) is 0.678. The summed E-state index contributed by atoms with van der Waals surface area (Å²) in [5.41, 5.74) is 0. The van der Waals surface area contributed by atoms with Crippen LogP contribution in [0.15, 0.2) is 51.6 Å². The molecule has 1 aromatic heterocycles. The number of amides is 1. The van der Waals surface area contributed by atoms with Crippen LogP contribution in [0.4, 0.5) is 0 Å². The van der Waals surface area contributed by atoms with Crippen LogP contribution in [0.5, 0.6) is 5.75 Å². The SMILES string of the molecule is CN(CC(=O)NCc1ccco1)C[C@@H](O)COc1ccc(Br)cc1. The van der Waals surface area contributed by atoms with Crippen molar-refractivity contribution in [2.75, 3.05) is 26.7 Å². The Hall–Kier alpha value is -1.83. The molecule has 0 aliphatic rings. The van der Waals surface area contributed by atoms with Gasteiger partial charge in [-0.1, -0.05) is 15.9 Å². The second-order valence-electron chi connectivity index (χ2n) is 5.47. The molecule has 0 aliphatic carbocycles. The van der Waals surface area contributed by atoms with E-state index in [0.717, 1.165) is 4.47 Å². The van der Waals surface area contributed by atoms with Gasteiger partial charge in [0, 0.05) is 11.0 Å². The van der Waals surface area contributed by atoms with Gasteiger partial charge >= 0.3 is 0 Å². The summed E-state index contributed by atoms with van der Waals surface area (Å²) >= 11 is 3.35. The highest BCUT2D eigenvalue weighted by molar-refractivity contribution is 9.10. The third kappa shape index (κ3) is 6.74. The van der Waals surface area contributed by atoms with Crippen LogP contribution >= 0.6 is 15.9 Å². The Morgan fingerprint density at radius 3 is 2.79 bits per heavy atom. The summed E-state index contributed by atoms with van der Waals surface area (Å²) in [7, 11) is 1.77. The molecular weight excluding hydrogens is 376 g/mol. The van der Waals surface area contributed by atoms with Gasteiger partial charge in [-0.15, -0.1) is 0 Å². The summed E-state index contributed by atoms with van der Waals surface area (Å²) in [6.45, 7) is 1.05. The number of likely N-dealkylation sites (N-methyl/N-ethyl adjacent to an activating group) is 1. The van der Waals surface area contributed by atoms with Crippen molar-refractivity contribution in [2.45, 2.75) is 12.6 Å². The number of carbonyl (C=O) groups excluding carboxylic acids is 1. The molecule has 1 aromatic carbocycles. The monoisotopic (exact) mass is 396 g/mol. The standard InChI is InChI=1S/C17H21BrN2O4/c1-20(11-17(22)19-9-16-3-2-8-23-16)10-14(21)12-24-15-6-4-13(18)5-7-15/h2-8,14,21H,9-12H2,1H3,(H,19,22)/t14-/m1/s1. The summed E-state index contributed by atoms with van der Waals surface area (Å²) in [6.07, 6.45) is 0.881. The zero-order valence-corrected chi connectivity index (χ0v) is 15.0. The van der Waals surface area contributed by atoms with Gasteiger partial charge in [0.2, 0.25) is 5.91 Å². The van der Waals surface area contributed by atoms with Crippen molar-refractivity contribution in [2.24, 2.45) is 0 Å². The van der Waals surface area contributed by atoms with Gasteiger partial charge in [-0.2, -0.15) is 0 Å². The zero-order valence-electron chi connectivity index (χ0n) is 13.4. The molecule has 2 aromatic rings. The van der Waals surface area contributed by atoms with E-state index >= 15 is 0 Å². The minimum absolute atomic E-state index is 0.130. The number of nitrogens with one attached hydrogen (secondary N) is 1. The molecule has 1 amide bonds. The van der Waals surface area contributed by atoms with E-state index in [4.69, 9.17) is 9.15 Å². The Balaban J connectivity index is 1.64. The van der Waals surface area contributed by atoms with E-state index in [1.54, 1.807) is 30.3 Å². The van der Waals surface area contributed by atoms with Crippen molar-refractivity contribution in [3.63, 3.8) is 0 Å². The average molecular weight is 397 g/mol. The van der Waals surface area contributed by atoms with Crippen LogP contribution in [-0.2, 0) is 11.3 Å². The van der Waals surface area contributed by atoms with Gasteiger partial charge in [0.15, 0.2) is 0 Å². The van der Waals surface area contributed by atoms with Crippen LogP contribution in [0, 0.1) is 0 Å². The van der Waals surface area contributed by atoms with Gasteiger partial charge in [-0.05, 0) is 43.4 Å². The molecule has 0 fully saturated rings. The van der Waals surface area contributed by atoms with Gasteiger partial charge in [0.1, 0.15) is 24.2 Å². The van der Waals surface area contributed by atoms with Crippen LogP contribution in [0.2, 0.25) is 0 Å². The number of rotatable bonds is 9. The third-order valence-electron chi connectivity index (χ3n) is 3.23. The molecule has 0 saturated carbocycles. The van der Waals surface area contributed by atoms with Crippen LogP contribution in [0.1, 0.15) is 5.76 Å². The van der Waals surface area contributed by atoms with E-state index in [1.165, 1.54) is 0 Å². The highest BCUT2D eigenvalue weighted by Crippen LogP contribution is 2.16. The van der Waals surface area contributed by atoms with E-state index in [9.17, 15) is 9.90 Å². The normalized spacial score (nSPS) is 12.2. The number of hydrogen-bond acceptors (Lipinski definition) is 5. The maximum absolute atomic E-state index is 11.8. The third-order valence-corrected chi connectivity index (χ3v) is 3.76. The Kier molecular flexibility index (Phi) is 7.30. The van der Waals surface area contributed by atoms with Crippen LogP contribution in [0.25, 0.3) is 0 Å². The van der Waals surface area contributed by atoms with E-state index in [0.29, 0.717) is 24.6 Å². The first kappa shape index (κ1) is 18.5. The molecule has 130 valence electrons. The number of halogens is 1. The van der Waals surface area contributed by atoms with Crippen molar-refractivity contribution in [3.8, 4) is 5.75 Å². The maximum atomic E-state index is 11.8. The lowest BCUT2D eigenvalue weighted by atomic mass is 10.3. The minimum Gasteiger partial charge on any atom is -0.491 e. The van der Waals surface area contributed by atoms with E-state index in [-0.39, 0.29) is 19.1 Å². The molecule has 24 heavy (non-hydrogen) atoms. The van der Waals surface area contributed by atoms with Crippen molar-refractivity contribution in [1.29, 1.82) is 0 Å². The molecular formula is C17H21BrN2O4. The second kappa shape index (κ2) is 9.46. The molecule has 2 N–H and O–H groups in total. The topological polar surface area (TPSA) is 74.9 Å². The summed E-state index contributed by atoms with van der Waals surface area (Å²) in [4.78, 5) is 13.6. The number of aliphatic hydroxyl groups excluding tert-OH is 1. The Morgan fingerprint density at radius 1 is 1.38 bits per heavy atom. The lowest BCUT2D eigenvalue weighted by Crippen LogP contribution is -2.39. The number of benzene rings is 1. The lowest BCUT2D eigenvalue weighted by Gasteiger charge is -2.20. The Morgan fingerprint density at radius 2 is 2.12 bits per heavy atom. The summed E-state index contributed by atoms with van der Waals surface area (Å²) in [6, 6.07) is 11.0. The molecule has 0 bridgehead atoms. The fourth-order valence-electron chi connectivity index (χ4n) is 2.10. The van der Waals surface area contributed by atoms with Crippen LogP contribution in [0.3, 0.4) is 0 Å². The van der Waals surface area contributed by atoms with Crippen molar-refractivity contribution >= 4 is 21.8 Å². The van der Waals surface area contributed by atoms with Crippen LogP contribution in [-0.4, -0.2) is 48.8 Å². The fraction of sp³-hybridized carbons (Fsp3) is 0.353. The summed E-state index contributed by atoms with van der Waals surface area (Å²) in [5, 5.41) is 12.8. The number of furan rings is 1. The van der Waals surface area contributed by atoms with Crippen molar-refractivity contribution in [1.82, 2.24) is 10.2 Å². The fourth-order valence-corrected chi connectivity index (χ4v) is 2.36. The van der Waals surface area contributed by atoms with E-state index < -0.39 is 6.10 Å². The lowest BCUT2D eigenvalue weighted by molar-refractivity contribution is -0.122. The molecule has 0 spiro atoms. The molecule has 1 heterocycles. The molecule has 0 unspecified atom stereocenters. The highest BCUT2D eigenvalue weighted by Gasteiger charge is 2.12. The predicted octanol–water partition coefficient (Wildman–Crippen LogP) is 2.03. The highest BCUT2D eigenvalue weighted by atomic mass is 79.9. The van der Waals surface area contributed by atoms with Gasteiger partial charge in [0.25, 0.3) is 0 Å². The first-order valence-corrected chi connectivity index (χ1v) is 8.36. The predicted molar refractivity (Wildman–Crippen MR) is 93.7 cm³/mol. The Bertz CT molecular complexity index is 616. The van der Waals surface area contributed by atoms with Crippen LogP contribution < -0.4 is 10.1 Å². The molecule has 1 atom stereocenters. The molecule has 2 rings (SSSR count). The first-order chi connectivity index (χ1) is 11.5. The largest absolute Gasteiger partial charge is 0.491 e. The first-order valence-electron chi connectivity index (χ1n) is 7.57. The summed E-state index contributed by atoms with van der Waals surface area (Å²) < 4.78 is 11.6.